The Morgan fingerprint density at radius 3 is 2.02 bits per heavy atom. The van der Waals surface area contributed by atoms with E-state index in [-0.39, 0.29) is 50.2 Å². The number of nitrogens with one attached hydrogen (secondary N) is 5. The third-order valence-electron chi connectivity index (χ3n) is 9.06. The molecule has 2 unspecified atom stereocenters. The number of carboxylic acids is 1. The molecule has 2 aromatic rings. The number of unbranched alkanes of at least 4 members (excludes halogenated alkanes) is 1. The quantitative estimate of drug-likeness (QED) is 0.0834. The van der Waals surface area contributed by atoms with Crippen LogP contribution in [0.25, 0.3) is 0 Å². The zero-order valence-corrected chi connectivity index (χ0v) is 33.6. The molecule has 0 spiro atoms. The van der Waals surface area contributed by atoms with Gasteiger partial charge in [-0.05, 0) is 69.3 Å². The van der Waals surface area contributed by atoms with E-state index in [0.717, 1.165) is 24.6 Å². The van der Waals surface area contributed by atoms with Gasteiger partial charge >= 0.3 is 5.97 Å². The molecule has 0 aromatic heterocycles. The van der Waals surface area contributed by atoms with Gasteiger partial charge in [-0.25, -0.2) is 0 Å². The summed E-state index contributed by atoms with van der Waals surface area (Å²) in [6, 6.07) is 18.1. The second-order valence-corrected chi connectivity index (χ2v) is 14.9. The molecule has 1 aliphatic heterocycles. The molecule has 4 amide bonds. The number of rotatable bonds is 19. The van der Waals surface area contributed by atoms with E-state index < -0.39 is 35.4 Å². The lowest BCUT2D eigenvalue weighted by Gasteiger charge is -2.39. The van der Waals surface area contributed by atoms with Crippen LogP contribution in [0, 0.1) is 5.92 Å². The first-order valence-corrected chi connectivity index (χ1v) is 19.1. The lowest BCUT2D eigenvalue weighted by atomic mass is 9.85. The molecule has 13 heteroatoms. The number of carbonyl (C=O) groups is 5. The molecule has 2 atom stereocenters. The Hall–Kier alpha value is -4.33. The Bertz CT molecular complexity index is 1380. The number of hydrogen-bond acceptors (Lipinski definition) is 8. The minimum atomic E-state index is -1.08. The summed E-state index contributed by atoms with van der Waals surface area (Å²) in [7, 11) is 1.59. The third kappa shape index (κ3) is 17.7. The van der Waals surface area contributed by atoms with E-state index in [1.165, 1.54) is 5.56 Å². The molecular weight excluding hydrogens is 686 g/mol. The number of likely N-dealkylation sites (tertiary alicyclic amines) is 1. The van der Waals surface area contributed by atoms with E-state index >= 15 is 0 Å². The predicted octanol–water partition coefficient (Wildman–Crippen LogP) is 2.97. The van der Waals surface area contributed by atoms with Gasteiger partial charge in [0.15, 0.2) is 0 Å². The summed E-state index contributed by atoms with van der Waals surface area (Å²) < 4.78 is 0. The Morgan fingerprint density at radius 1 is 0.944 bits per heavy atom. The first kappa shape index (κ1) is 47.7. The van der Waals surface area contributed by atoms with Crippen LogP contribution in [0.3, 0.4) is 0 Å². The maximum Gasteiger partial charge on any atom is 0.324 e. The fourth-order valence-corrected chi connectivity index (χ4v) is 5.77. The molecule has 0 saturated carbocycles. The van der Waals surface area contributed by atoms with Gasteiger partial charge in [0.05, 0.1) is 6.54 Å². The lowest BCUT2D eigenvalue weighted by molar-refractivity contribution is -0.149. The van der Waals surface area contributed by atoms with E-state index in [1.54, 1.807) is 11.9 Å². The molecule has 1 saturated heterocycles. The first-order valence-electron chi connectivity index (χ1n) is 19.1. The minimum absolute atomic E-state index is 0.233. The summed E-state index contributed by atoms with van der Waals surface area (Å²) in [6.45, 7) is 15.8. The maximum absolute atomic E-state index is 13.2. The van der Waals surface area contributed by atoms with Crippen molar-refractivity contribution in [2.45, 2.75) is 103 Å². The van der Waals surface area contributed by atoms with Crippen LogP contribution in [0.4, 0.5) is 0 Å². The molecule has 0 bridgehead atoms. The van der Waals surface area contributed by atoms with E-state index in [2.05, 4.69) is 98.5 Å². The van der Waals surface area contributed by atoms with Crippen molar-refractivity contribution in [1.82, 2.24) is 31.5 Å². The van der Waals surface area contributed by atoms with Gasteiger partial charge in [-0.3, -0.25) is 24.0 Å². The van der Waals surface area contributed by atoms with E-state index in [1.807, 2.05) is 30.3 Å². The Balaban J connectivity index is 0.000000705. The normalized spacial score (nSPS) is 14.6. The van der Waals surface area contributed by atoms with Crippen molar-refractivity contribution in [3.05, 3.63) is 71.8 Å². The number of carboxylic acid groups (broad SMARTS) is 1. The highest BCUT2D eigenvalue weighted by molar-refractivity contribution is 5.92. The summed E-state index contributed by atoms with van der Waals surface area (Å²) in [6.07, 6.45) is 2.85. The van der Waals surface area contributed by atoms with Crippen molar-refractivity contribution < 1.29 is 29.1 Å². The fraction of sp³-hybridized carbons (Fsp3) is 0.585. The molecule has 1 fully saturated rings. The monoisotopic (exact) mass is 754 g/mol. The molecule has 8 N–H and O–H groups in total. The number of hydrogen-bond donors (Lipinski definition) is 7. The second-order valence-electron chi connectivity index (χ2n) is 14.9. The van der Waals surface area contributed by atoms with Crippen LogP contribution in [0.5, 0.6) is 0 Å². The van der Waals surface area contributed by atoms with Crippen LogP contribution in [-0.4, -0.2) is 104 Å². The summed E-state index contributed by atoms with van der Waals surface area (Å²) in [5, 5.41) is 23.5. The Labute approximate surface area is 323 Å². The van der Waals surface area contributed by atoms with Crippen molar-refractivity contribution in [3.8, 4) is 0 Å². The average Bonchev–Trinajstić information content (AvgIpc) is 3.16. The number of benzene rings is 2. The van der Waals surface area contributed by atoms with Gasteiger partial charge in [0, 0.05) is 31.5 Å². The van der Waals surface area contributed by atoms with Gasteiger partial charge in [0.1, 0.15) is 17.6 Å². The summed E-state index contributed by atoms with van der Waals surface area (Å²) in [5.41, 5.74) is 6.97. The van der Waals surface area contributed by atoms with Crippen LogP contribution in [0.1, 0.15) is 84.8 Å². The highest BCUT2D eigenvalue weighted by Crippen LogP contribution is 2.24. The predicted molar refractivity (Wildman–Crippen MR) is 215 cm³/mol. The highest BCUT2D eigenvalue weighted by atomic mass is 16.4. The standard InChI is InChI=1S/C25H38N6O6.C12H19N.C4H10/c1-27-25(24(36)37)10-13-31(14-11-25)23(35)19(9-5-6-12-26)30-21(33)16-28-22(34)20(29-17-32)15-18-7-3-2-4-8-18;1-4-13-10-12(2,3)11-8-6-5-7-9-11;1-4(2)3/h2-4,7-8,17,19-20,27H,5-6,9-16,26H2,1H3,(H,28,34)(H,29,32)(H,30,33)(H,36,37);5-9,13H,4,10H2,1-3H3;4H,1-3H3. The topological polar surface area (TPSA) is 195 Å². The number of carbonyl (C=O) groups excluding carboxylic acids is 4. The van der Waals surface area contributed by atoms with Gasteiger partial charge in [0.2, 0.25) is 24.1 Å². The largest absolute Gasteiger partial charge is 0.480 e. The van der Waals surface area contributed by atoms with Crippen LogP contribution in [0.15, 0.2) is 60.7 Å². The number of piperidine rings is 1. The molecular formula is C41H67N7O6. The van der Waals surface area contributed by atoms with Crippen LogP contribution in [0.2, 0.25) is 0 Å². The molecule has 1 heterocycles. The fourth-order valence-electron chi connectivity index (χ4n) is 5.77. The van der Waals surface area contributed by atoms with Crippen molar-refractivity contribution in [1.29, 1.82) is 0 Å². The Kier molecular flexibility index (Phi) is 22.6. The molecule has 3 rings (SSSR count). The number of nitrogens with zero attached hydrogens (tertiary/aromatic N) is 1. The summed E-state index contributed by atoms with van der Waals surface area (Å²) >= 11 is 0. The van der Waals surface area contributed by atoms with E-state index in [0.29, 0.717) is 32.2 Å². The average molecular weight is 754 g/mol. The van der Waals surface area contributed by atoms with Gasteiger partial charge in [-0.15, -0.1) is 0 Å². The smallest absolute Gasteiger partial charge is 0.324 e. The zero-order valence-electron chi connectivity index (χ0n) is 33.6. The first-order chi connectivity index (χ1) is 25.7. The molecule has 54 heavy (non-hydrogen) atoms. The van der Waals surface area contributed by atoms with E-state index in [9.17, 15) is 29.1 Å². The Morgan fingerprint density at radius 2 is 1.52 bits per heavy atom. The van der Waals surface area contributed by atoms with Gasteiger partial charge in [-0.2, -0.15) is 0 Å². The number of nitrogens with two attached hydrogens (primary N) is 1. The number of amides is 4. The molecule has 1 aliphatic rings. The molecule has 0 radical (unpaired) electrons. The summed E-state index contributed by atoms with van der Waals surface area (Å²) in [5.74, 6) is -1.49. The highest BCUT2D eigenvalue weighted by Gasteiger charge is 2.42. The van der Waals surface area contributed by atoms with Crippen molar-refractivity contribution in [2.75, 3.05) is 46.3 Å². The number of aliphatic carboxylic acids is 1. The van der Waals surface area contributed by atoms with Crippen molar-refractivity contribution in [2.24, 2.45) is 11.7 Å². The third-order valence-corrected chi connectivity index (χ3v) is 9.06. The summed E-state index contributed by atoms with van der Waals surface area (Å²) in [4.78, 5) is 62.7. The maximum atomic E-state index is 13.2. The lowest BCUT2D eigenvalue weighted by Crippen LogP contribution is -2.60. The van der Waals surface area contributed by atoms with Crippen molar-refractivity contribution in [3.63, 3.8) is 0 Å². The second kappa shape index (κ2) is 25.6. The molecule has 2 aromatic carbocycles. The molecule has 13 nitrogen and oxygen atoms in total. The van der Waals surface area contributed by atoms with E-state index in [4.69, 9.17) is 5.73 Å². The molecule has 0 aliphatic carbocycles. The SMILES string of the molecule is CC(C)C.CCNCC(C)(C)c1ccccc1.CNC1(C(=O)O)CCN(C(=O)C(CCCCN)NC(=O)CNC(=O)C(Cc2ccccc2)NC=O)CC1. The molecule has 302 valence electrons. The van der Waals surface area contributed by atoms with Crippen LogP contribution < -0.4 is 32.3 Å². The van der Waals surface area contributed by atoms with Gasteiger partial charge in [-0.1, -0.05) is 102 Å². The van der Waals surface area contributed by atoms with Crippen molar-refractivity contribution >= 4 is 30.1 Å². The van der Waals surface area contributed by atoms with Crippen LogP contribution in [-0.2, 0) is 35.8 Å². The van der Waals surface area contributed by atoms with Gasteiger partial charge < -0.3 is 42.3 Å². The van der Waals surface area contributed by atoms with Gasteiger partial charge in [0.25, 0.3) is 0 Å². The van der Waals surface area contributed by atoms with Crippen LogP contribution >= 0.6 is 0 Å². The minimum Gasteiger partial charge on any atom is -0.480 e. The number of likely N-dealkylation sites (N-methyl/N-ethyl adjacent to an activating group) is 2. The zero-order chi connectivity index (χ0) is 40.6.